The molecule has 0 amide bonds. The van der Waals surface area contributed by atoms with Crippen LogP contribution in [0.15, 0.2) is 6.33 Å². The Labute approximate surface area is 70.9 Å². The first-order valence-corrected chi connectivity index (χ1v) is 3.87. The van der Waals surface area contributed by atoms with E-state index in [1.807, 2.05) is 18.4 Å². The van der Waals surface area contributed by atoms with Crippen molar-refractivity contribution in [3.05, 3.63) is 17.7 Å². The molecule has 4 heteroatoms. The van der Waals surface area contributed by atoms with Crippen molar-refractivity contribution < 1.29 is 9.90 Å². The minimum absolute atomic E-state index is 0.0552. The maximum atomic E-state index is 10.4. The molecule has 0 aliphatic heterocycles. The Kier molecular flexibility index (Phi) is 2.47. The van der Waals surface area contributed by atoms with Crippen molar-refractivity contribution in [3.8, 4) is 0 Å². The van der Waals surface area contributed by atoms with Gasteiger partial charge in [0.1, 0.15) is 0 Å². The summed E-state index contributed by atoms with van der Waals surface area (Å²) in [6, 6.07) is 0. The van der Waals surface area contributed by atoms with Crippen LogP contribution in [0.25, 0.3) is 0 Å². The van der Waals surface area contributed by atoms with E-state index in [2.05, 4.69) is 4.98 Å². The van der Waals surface area contributed by atoms with Gasteiger partial charge in [-0.25, -0.2) is 4.98 Å². The summed E-state index contributed by atoms with van der Waals surface area (Å²) in [6.07, 6.45) is 1.73. The van der Waals surface area contributed by atoms with E-state index in [4.69, 9.17) is 5.11 Å². The summed E-state index contributed by atoms with van der Waals surface area (Å²) in [5.41, 5.74) is 1.60. The van der Waals surface area contributed by atoms with E-state index in [1.165, 1.54) is 0 Å². The van der Waals surface area contributed by atoms with Crippen LogP contribution in [0.3, 0.4) is 0 Å². The molecule has 0 fully saturated rings. The van der Waals surface area contributed by atoms with Gasteiger partial charge in [0, 0.05) is 6.54 Å². The summed E-state index contributed by atoms with van der Waals surface area (Å²) in [5, 5.41) is 8.59. The molecule has 0 saturated carbocycles. The summed E-state index contributed by atoms with van der Waals surface area (Å²) in [6.45, 7) is 4.56. The molecule has 0 saturated heterocycles. The average Bonchev–Trinajstić information content (AvgIpc) is 2.32. The van der Waals surface area contributed by atoms with Gasteiger partial charge >= 0.3 is 5.97 Å². The van der Waals surface area contributed by atoms with Gasteiger partial charge in [-0.3, -0.25) is 4.79 Å². The summed E-state index contributed by atoms with van der Waals surface area (Å²) < 4.78 is 1.85. The minimum atomic E-state index is -0.812. The van der Waals surface area contributed by atoms with Crippen LogP contribution in [-0.2, 0) is 17.8 Å². The van der Waals surface area contributed by atoms with Crippen molar-refractivity contribution in [2.24, 2.45) is 0 Å². The zero-order valence-electron chi connectivity index (χ0n) is 7.24. The van der Waals surface area contributed by atoms with Gasteiger partial charge in [0.25, 0.3) is 0 Å². The van der Waals surface area contributed by atoms with E-state index >= 15 is 0 Å². The monoisotopic (exact) mass is 168 g/mol. The van der Waals surface area contributed by atoms with Crippen LogP contribution in [-0.4, -0.2) is 20.6 Å². The molecule has 0 aromatic carbocycles. The third kappa shape index (κ3) is 1.64. The molecular weight excluding hydrogens is 156 g/mol. The smallest absolute Gasteiger partial charge is 0.309 e. The van der Waals surface area contributed by atoms with Gasteiger partial charge in [0.15, 0.2) is 0 Å². The van der Waals surface area contributed by atoms with E-state index < -0.39 is 5.97 Å². The summed E-state index contributed by atoms with van der Waals surface area (Å²) in [4.78, 5) is 14.5. The highest BCUT2D eigenvalue weighted by Crippen LogP contribution is 2.06. The van der Waals surface area contributed by atoms with Crippen molar-refractivity contribution in [1.29, 1.82) is 0 Å². The topological polar surface area (TPSA) is 55.1 Å². The van der Waals surface area contributed by atoms with Crippen molar-refractivity contribution >= 4 is 5.97 Å². The van der Waals surface area contributed by atoms with E-state index in [-0.39, 0.29) is 6.42 Å². The number of hydrogen-bond acceptors (Lipinski definition) is 2. The Morgan fingerprint density at radius 3 is 2.92 bits per heavy atom. The third-order valence-corrected chi connectivity index (χ3v) is 1.81. The number of nitrogens with zero attached hydrogens (tertiary/aromatic N) is 2. The Bertz CT molecular complexity index is 291. The maximum absolute atomic E-state index is 10.4. The van der Waals surface area contributed by atoms with Gasteiger partial charge in [0.05, 0.1) is 24.1 Å². The van der Waals surface area contributed by atoms with Gasteiger partial charge in [-0.05, 0) is 13.8 Å². The first kappa shape index (κ1) is 8.77. The number of carboxylic acids is 1. The van der Waals surface area contributed by atoms with Crippen LogP contribution >= 0.6 is 0 Å². The predicted molar refractivity (Wildman–Crippen MR) is 44.0 cm³/mol. The Balaban J connectivity index is 2.94. The Morgan fingerprint density at radius 2 is 2.42 bits per heavy atom. The van der Waals surface area contributed by atoms with E-state index in [1.54, 1.807) is 6.33 Å². The van der Waals surface area contributed by atoms with Crippen LogP contribution in [0.2, 0.25) is 0 Å². The second-order valence-corrected chi connectivity index (χ2v) is 2.63. The maximum Gasteiger partial charge on any atom is 0.309 e. The lowest BCUT2D eigenvalue weighted by molar-refractivity contribution is -0.136. The quantitative estimate of drug-likeness (QED) is 0.727. The SMILES string of the molecule is CCn1cnc(C)c1CC(=O)O. The molecule has 1 aromatic rings. The predicted octanol–water partition coefficient (Wildman–Crippen LogP) is 0.839. The molecular formula is C8H12N2O2. The molecule has 1 aromatic heterocycles. The van der Waals surface area contributed by atoms with Crippen LogP contribution in [0.5, 0.6) is 0 Å². The zero-order chi connectivity index (χ0) is 9.14. The van der Waals surface area contributed by atoms with E-state index in [0.717, 1.165) is 17.9 Å². The van der Waals surface area contributed by atoms with Crippen LogP contribution in [0.1, 0.15) is 18.3 Å². The fraction of sp³-hybridized carbons (Fsp3) is 0.500. The number of carboxylic acid groups (broad SMARTS) is 1. The Morgan fingerprint density at radius 1 is 1.75 bits per heavy atom. The number of rotatable bonds is 3. The lowest BCUT2D eigenvalue weighted by atomic mass is 10.2. The van der Waals surface area contributed by atoms with Gasteiger partial charge in [-0.15, -0.1) is 0 Å². The highest BCUT2D eigenvalue weighted by atomic mass is 16.4. The van der Waals surface area contributed by atoms with Crippen LogP contribution < -0.4 is 0 Å². The van der Waals surface area contributed by atoms with Crippen LogP contribution in [0.4, 0.5) is 0 Å². The molecule has 0 radical (unpaired) electrons. The lowest BCUT2D eigenvalue weighted by Gasteiger charge is -2.02. The van der Waals surface area contributed by atoms with Crippen molar-refractivity contribution in [2.75, 3.05) is 0 Å². The average molecular weight is 168 g/mol. The number of carbonyl (C=O) groups is 1. The van der Waals surface area contributed by atoms with Gasteiger partial charge in [-0.1, -0.05) is 0 Å². The van der Waals surface area contributed by atoms with Crippen molar-refractivity contribution in [3.63, 3.8) is 0 Å². The van der Waals surface area contributed by atoms with Crippen molar-refractivity contribution in [2.45, 2.75) is 26.8 Å². The number of aromatic nitrogens is 2. The molecule has 0 unspecified atom stereocenters. The van der Waals surface area contributed by atoms with Gasteiger partial charge in [0.2, 0.25) is 0 Å². The van der Waals surface area contributed by atoms with E-state index in [9.17, 15) is 4.79 Å². The Hall–Kier alpha value is -1.32. The standard InChI is InChI=1S/C8H12N2O2/c1-3-10-5-9-6(2)7(10)4-8(11)12/h5H,3-4H2,1-2H3,(H,11,12). The fourth-order valence-electron chi connectivity index (χ4n) is 1.15. The van der Waals surface area contributed by atoms with Crippen molar-refractivity contribution in [1.82, 2.24) is 9.55 Å². The van der Waals surface area contributed by atoms with E-state index in [0.29, 0.717) is 0 Å². The molecule has 1 rings (SSSR count). The molecule has 0 atom stereocenters. The number of hydrogen-bond donors (Lipinski definition) is 1. The highest BCUT2D eigenvalue weighted by molar-refractivity contribution is 5.69. The number of aryl methyl sites for hydroxylation is 2. The molecule has 0 aliphatic carbocycles. The lowest BCUT2D eigenvalue weighted by Crippen LogP contribution is -2.07. The first-order valence-electron chi connectivity index (χ1n) is 3.87. The molecule has 66 valence electrons. The molecule has 12 heavy (non-hydrogen) atoms. The summed E-state index contributed by atoms with van der Waals surface area (Å²) >= 11 is 0. The largest absolute Gasteiger partial charge is 0.481 e. The highest BCUT2D eigenvalue weighted by Gasteiger charge is 2.09. The van der Waals surface area contributed by atoms with Crippen LogP contribution in [0, 0.1) is 6.92 Å². The first-order chi connectivity index (χ1) is 5.65. The summed E-state index contributed by atoms with van der Waals surface area (Å²) in [5.74, 6) is -0.812. The second kappa shape index (κ2) is 3.38. The number of aliphatic carboxylic acids is 1. The molecule has 0 bridgehead atoms. The molecule has 0 spiro atoms. The normalized spacial score (nSPS) is 10.2. The second-order valence-electron chi connectivity index (χ2n) is 2.63. The van der Waals surface area contributed by atoms with Gasteiger partial charge < -0.3 is 9.67 Å². The molecule has 1 N–H and O–H groups in total. The minimum Gasteiger partial charge on any atom is -0.481 e. The fourth-order valence-corrected chi connectivity index (χ4v) is 1.15. The zero-order valence-corrected chi connectivity index (χ0v) is 7.24. The summed E-state index contributed by atoms with van der Waals surface area (Å²) in [7, 11) is 0. The molecule has 0 aliphatic rings. The molecule has 4 nitrogen and oxygen atoms in total. The molecule has 1 heterocycles. The van der Waals surface area contributed by atoms with Gasteiger partial charge in [-0.2, -0.15) is 0 Å². The number of imidazole rings is 1. The third-order valence-electron chi connectivity index (χ3n) is 1.81.